The number of rotatable bonds is 7. The molecule has 3 rings (SSSR count). The number of hydrazone groups is 1. The third-order valence-corrected chi connectivity index (χ3v) is 3.80. The van der Waals surface area contributed by atoms with Crippen molar-refractivity contribution in [2.45, 2.75) is 6.54 Å². The normalized spacial score (nSPS) is 10.9. The van der Waals surface area contributed by atoms with E-state index in [1.54, 1.807) is 12.1 Å². The molecule has 140 valence electrons. The predicted octanol–water partition coefficient (Wildman–Crippen LogP) is 1.61. The fraction of sp³-hybridized carbons (Fsp3) is 0.222. The summed E-state index contributed by atoms with van der Waals surface area (Å²) < 4.78 is 17.4. The van der Waals surface area contributed by atoms with E-state index in [-0.39, 0.29) is 12.5 Å². The second-order valence-electron chi connectivity index (χ2n) is 5.49. The number of benzene rings is 2. The van der Waals surface area contributed by atoms with Gasteiger partial charge in [-0.15, -0.1) is 5.10 Å². The van der Waals surface area contributed by atoms with Crippen molar-refractivity contribution in [3.05, 3.63) is 42.0 Å². The molecule has 0 unspecified atom stereocenters. The number of amides is 1. The molecular weight excluding hydrogens is 350 g/mol. The third kappa shape index (κ3) is 3.97. The van der Waals surface area contributed by atoms with E-state index in [0.717, 1.165) is 11.0 Å². The molecule has 1 amide bonds. The Labute approximate surface area is 155 Å². The summed E-state index contributed by atoms with van der Waals surface area (Å²) in [4.78, 5) is 12.1. The summed E-state index contributed by atoms with van der Waals surface area (Å²) in [6.45, 7) is 0.00705. The molecule has 27 heavy (non-hydrogen) atoms. The van der Waals surface area contributed by atoms with Crippen LogP contribution in [0.1, 0.15) is 5.56 Å². The van der Waals surface area contributed by atoms with Crippen molar-refractivity contribution in [2.75, 3.05) is 21.3 Å². The monoisotopic (exact) mass is 369 g/mol. The summed E-state index contributed by atoms with van der Waals surface area (Å²) in [5.74, 6) is 1.16. The minimum absolute atomic E-state index is 0.00705. The van der Waals surface area contributed by atoms with Crippen molar-refractivity contribution in [2.24, 2.45) is 5.10 Å². The third-order valence-electron chi connectivity index (χ3n) is 3.80. The molecule has 0 aliphatic carbocycles. The number of hydrogen-bond acceptors (Lipinski definition) is 7. The summed E-state index contributed by atoms with van der Waals surface area (Å²) in [6.07, 6.45) is 1.49. The predicted molar refractivity (Wildman–Crippen MR) is 99.4 cm³/mol. The van der Waals surface area contributed by atoms with Gasteiger partial charge in [-0.05, 0) is 24.3 Å². The van der Waals surface area contributed by atoms with Gasteiger partial charge in [-0.1, -0.05) is 17.3 Å². The molecule has 0 spiro atoms. The Bertz CT molecular complexity index is 958. The van der Waals surface area contributed by atoms with E-state index in [4.69, 9.17) is 14.2 Å². The van der Waals surface area contributed by atoms with Gasteiger partial charge in [0.25, 0.3) is 5.91 Å². The van der Waals surface area contributed by atoms with Crippen molar-refractivity contribution >= 4 is 23.2 Å². The lowest BCUT2D eigenvalue weighted by atomic mass is 10.2. The van der Waals surface area contributed by atoms with Gasteiger partial charge < -0.3 is 14.2 Å². The molecule has 0 fully saturated rings. The number of fused-ring (bicyclic) bond motifs is 1. The minimum Gasteiger partial charge on any atom is -0.493 e. The Balaban J connectivity index is 1.69. The second kappa shape index (κ2) is 8.17. The average Bonchev–Trinajstić information content (AvgIpc) is 3.10. The maximum Gasteiger partial charge on any atom is 0.261 e. The van der Waals surface area contributed by atoms with Crippen LogP contribution in [0, 0.1) is 0 Å². The van der Waals surface area contributed by atoms with Crippen LogP contribution in [0.5, 0.6) is 17.2 Å². The zero-order valence-electron chi connectivity index (χ0n) is 15.2. The van der Waals surface area contributed by atoms with Crippen LogP contribution in [0.2, 0.25) is 0 Å². The van der Waals surface area contributed by atoms with Gasteiger partial charge in [-0.2, -0.15) is 5.10 Å². The van der Waals surface area contributed by atoms with Gasteiger partial charge in [0.2, 0.25) is 5.75 Å². The fourth-order valence-electron chi connectivity index (χ4n) is 2.56. The van der Waals surface area contributed by atoms with Crippen LogP contribution in [0.15, 0.2) is 41.5 Å². The van der Waals surface area contributed by atoms with Gasteiger partial charge >= 0.3 is 0 Å². The second-order valence-corrected chi connectivity index (χ2v) is 5.49. The Morgan fingerprint density at radius 3 is 2.52 bits per heavy atom. The first kappa shape index (κ1) is 18.2. The van der Waals surface area contributed by atoms with E-state index in [2.05, 4.69) is 20.8 Å². The number of para-hydroxylation sites is 1. The van der Waals surface area contributed by atoms with E-state index in [0.29, 0.717) is 22.8 Å². The van der Waals surface area contributed by atoms with Crippen LogP contribution in [0.25, 0.3) is 11.0 Å². The molecule has 0 radical (unpaired) electrons. The standard InChI is InChI=1S/C18H19N5O4/c1-25-15-8-12(9-16(26-2)18(15)27-3)10-19-21-17(24)11-23-14-7-5-4-6-13(14)20-22-23/h4-10H,11H2,1-3H3,(H,21,24)/b19-10+. The van der Waals surface area contributed by atoms with Crippen molar-refractivity contribution in [3.63, 3.8) is 0 Å². The maximum atomic E-state index is 12.1. The highest BCUT2D eigenvalue weighted by Gasteiger charge is 2.12. The molecule has 1 heterocycles. The number of aromatic nitrogens is 3. The van der Waals surface area contributed by atoms with Gasteiger partial charge in [0.15, 0.2) is 11.5 Å². The summed E-state index contributed by atoms with van der Waals surface area (Å²) in [5.41, 5.74) is 4.65. The summed E-state index contributed by atoms with van der Waals surface area (Å²) >= 11 is 0. The highest BCUT2D eigenvalue weighted by molar-refractivity contribution is 5.85. The lowest BCUT2D eigenvalue weighted by Crippen LogP contribution is -2.23. The molecular formula is C18H19N5O4. The van der Waals surface area contributed by atoms with E-state index >= 15 is 0 Å². The summed E-state index contributed by atoms with van der Waals surface area (Å²) in [6, 6.07) is 10.9. The average molecular weight is 369 g/mol. The Morgan fingerprint density at radius 2 is 1.85 bits per heavy atom. The molecule has 0 bridgehead atoms. The molecule has 9 nitrogen and oxygen atoms in total. The van der Waals surface area contributed by atoms with Gasteiger partial charge in [0, 0.05) is 5.56 Å². The zero-order valence-corrected chi connectivity index (χ0v) is 15.2. The molecule has 0 aliphatic rings. The number of nitrogens with zero attached hydrogens (tertiary/aromatic N) is 4. The van der Waals surface area contributed by atoms with Crippen LogP contribution in [-0.4, -0.2) is 48.4 Å². The van der Waals surface area contributed by atoms with E-state index in [1.807, 2.05) is 24.3 Å². The SMILES string of the molecule is COc1cc(/C=N/NC(=O)Cn2nnc3ccccc32)cc(OC)c1OC. The number of carbonyl (C=O) groups excluding carboxylic acids is 1. The molecule has 2 aromatic carbocycles. The Morgan fingerprint density at radius 1 is 1.15 bits per heavy atom. The van der Waals surface area contributed by atoms with E-state index in [9.17, 15) is 4.79 Å². The molecule has 3 aromatic rings. The van der Waals surface area contributed by atoms with Crippen LogP contribution >= 0.6 is 0 Å². The van der Waals surface area contributed by atoms with Crippen LogP contribution in [-0.2, 0) is 11.3 Å². The first-order chi connectivity index (χ1) is 13.2. The largest absolute Gasteiger partial charge is 0.493 e. The molecule has 0 aliphatic heterocycles. The number of carbonyl (C=O) groups is 1. The molecule has 9 heteroatoms. The first-order valence-corrected chi connectivity index (χ1v) is 8.06. The van der Waals surface area contributed by atoms with Crippen molar-refractivity contribution in [3.8, 4) is 17.2 Å². The Hall–Kier alpha value is -3.62. The quantitative estimate of drug-likeness (QED) is 0.502. The summed E-state index contributed by atoms with van der Waals surface area (Å²) in [5, 5.41) is 12.0. The van der Waals surface area contributed by atoms with Gasteiger partial charge in [-0.25, -0.2) is 10.1 Å². The van der Waals surface area contributed by atoms with Crippen molar-refractivity contribution in [1.29, 1.82) is 0 Å². The van der Waals surface area contributed by atoms with Crippen LogP contribution in [0.4, 0.5) is 0 Å². The lowest BCUT2D eigenvalue weighted by Gasteiger charge is -2.12. The van der Waals surface area contributed by atoms with Gasteiger partial charge in [0.05, 0.1) is 33.1 Å². The van der Waals surface area contributed by atoms with Gasteiger partial charge in [0.1, 0.15) is 12.1 Å². The van der Waals surface area contributed by atoms with Crippen LogP contribution < -0.4 is 19.6 Å². The number of ether oxygens (including phenoxy) is 3. The molecule has 0 atom stereocenters. The highest BCUT2D eigenvalue weighted by atomic mass is 16.5. The van der Waals surface area contributed by atoms with Crippen LogP contribution in [0.3, 0.4) is 0 Å². The fourth-order valence-corrected chi connectivity index (χ4v) is 2.56. The number of nitrogens with one attached hydrogen (secondary N) is 1. The number of hydrogen-bond donors (Lipinski definition) is 1. The zero-order chi connectivity index (χ0) is 19.2. The first-order valence-electron chi connectivity index (χ1n) is 8.06. The molecule has 0 saturated heterocycles. The number of methoxy groups -OCH3 is 3. The maximum absolute atomic E-state index is 12.1. The molecule has 1 N–H and O–H groups in total. The smallest absolute Gasteiger partial charge is 0.261 e. The van der Waals surface area contributed by atoms with Crippen molar-refractivity contribution < 1.29 is 19.0 Å². The minimum atomic E-state index is -0.325. The lowest BCUT2D eigenvalue weighted by molar-refractivity contribution is -0.121. The van der Waals surface area contributed by atoms with E-state index < -0.39 is 0 Å². The van der Waals surface area contributed by atoms with Crippen molar-refractivity contribution in [1.82, 2.24) is 20.4 Å². The molecule has 1 aromatic heterocycles. The van der Waals surface area contributed by atoms with E-state index in [1.165, 1.54) is 32.2 Å². The Kier molecular flexibility index (Phi) is 5.50. The highest BCUT2D eigenvalue weighted by Crippen LogP contribution is 2.37. The van der Waals surface area contributed by atoms with Gasteiger partial charge in [-0.3, -0.25) is 4.79 Å². The topological polar surface area (TPSA) is 99.9 Å². The molecule has 0 saturated carbocycles. The summed E-state index contributed by atoms with van der Waals surface area (Å²) in [7, 11) is 4.59.